The standard InChI is InChI=1S/C21H21N5S2/c1-3-26-19(16-7-5-4-6-8-16)24-25-21(26)28-14-18-13-27-20(23-18)22-17-11-9-15(2)10-12-17/h4-13H,3,14H2,1-2H3,(H,22,23). The van der Waals surface area contributed by atoms with Gasteiger partial charge in [0, 0.05) is 28.9 Å². The second kappa shape index (κ2) is 8.58. The fourth-order valence-electron chi connectivity index (χ4n) is 2.81. The second-order valence-electron chi connectivity index (χ2n) is 6.34. The molecule has 0 amide bonds. The number of hydrogen-bond donors (Lipinski definition) is 1. The summed E-state index contributed by atoms with van der Waals surface area (Å²) in [5.74, 6) is 1.67. The van der Waals surface area contributed by atoms with E-state index in [9.17, 15) is 0 Å². The summed E-state index contributed by atoms with van der Waals surface area (Å²) in [5, 5.41) is 16.1. The van der Waals surface area contributed by atoms with Crippen molar-refractivity contribution in [1.82, 2.24) is 19.7 Å². The first-order chi connectivity index (χ1) is 13.7. The maximum Gasteiger partial charge on any atom is 0.191 e. The van der Waals surface area contributed by atoms with Gasteiger partial charge in [0.2, 0.25) is 0 Å². The zero-order chi connectivity index (χ0) is 19.3. The van der Waals surface area contributed by atoms with Crippen LogP contribution in [0.15, 0.2) is 65.1 Å². The normalized spacial score (nSPS) is 10.9. The number of nitrogens with one attached hydrogen (secondary N) is 1. The lowest BCUT2D eigenvalue weighted by atomic mass is 10.2. The highest BCUT2D eigenvalue weighted by Gasteiger charge is 2.13. The van der Waals surface area contributed by atoms with E-state index in [2.05, 4.69) is 75.7 Å². The van der Waals surface area contributed by atoms with Gasteiger partial charge in [0.1, 0.15) is 0 Å². The van der Waals surface area contributed by atoms with Crippen LogP contribution in [0.5, 0.6) is 0 Å². The first kappa shape index (κ1) is 18.7. The average molecular weight is 408 g/mol. The van der Waals surface area contributed by atoms with Gasteiger partial charge < -0.3 is 9.88 Å². The molecule has 142 valence electrons. The van der Waals surface area contributed by atoms with E-state index in [1.54, 1.807) is 23.1 Å². The van der Waals surface area contributed by atoms with E-state index in [-0.39, 0.29) is 0 Å². The molecule has 0 saturated heterocycles. The number of aryl methyl sites for hydroxylation is 1. The molecule has 0 unspecified atom stereocenters. The summed E-state index contributed by atoms with van der Waals surface area (Å²) in [7, 11) is 0. The molecular weight excluding hydrogens is 386 g/mol. The minimum atomic E-state index is 0.763. The van der Waals surface area contributed by atoms with Crippen LogP contribution in [-0.2, 0) is 12.3 Å². The van der Waals surface area contributed by atoms with Gasteiger partial charge in [0.05, 0.1) is 5.69 Å². The van der Waals surface area contributed by atoms with Crippen LogP contribution in [0.4, 0.5) is 10.8 Å². The molecule has 0 bridgehead atoms. The molecule has 0 saturated carbocycles. The quantitative estimate of drug-likeness (QED) is 0.394. The summed E-state index contributed by atoms with van der Waals surface area (Å²) in [5.41, 5.74) is 4.42. The number of benzene rings is 2. The minimum absolute atomic E-state index is 0.763. The van der Waals surface area contributed by atoms with Crippen LogP contribution in [0, 0.1) is 6.92 Å². The number of thioether (sulfide) groups is 1. The smallest absolute Gasteiger partial charge is 0.191 e. The summed E-state index contributed by atoms with van der Waals surface area (Å²) in [6.07, 6.45) is 0. The number of hydrogen-bond acceptors (Lipinski definition) is 6. The highest BCUT2D eigenvalue weighted by molar-refractivity contribution is 7.98. The first-order valence-corrected chi connectivity index (χ1v) is 11.0. The molecule has 0 aliphatic rings. The Bertz CT molecular complexity index is 1040. The molecule has 2 heterocycles. The Labute approximate surface area is 172 Å². The topological polar surface area (TPSA) is 55.6 Å². The molecule has 2 aromatic heterocycles. The van der Waals surface area contributed by atoms with Crippen LogP contribution in [-0.4, -0.2) is 19.7 Å². The van der Waals surface area contributed by atoms with Gasteiger partial charge in [-0.05, 0) is 26.0 Å². The van der Waals surface area contributed by atoms with Gasteiger partial charge >= 0.3 is 0 Å². The molecule has 4 aromatic rings. The molecule has 0 radical (unpaired) electrons. The Hall–Kier alpha value is -2.64. The van der Waals surface area contributed by atoms with Gasteiger partial charge in [-0.2, -0.15) is 0 Å². The van der Waals surface area contributed by atoms with E-state index in [0.717, 1.165) is 45.4 Å². The molecule has 0 fully saturated rings. The highest BCUT2D eigenvalue weighted by Crippen LogP contribution is 2.28. The lowest BCUT2D eigenvalue weighted by Crippen LogP contribution is -1.99. The molecule has 5 nitrogen and oxygen atoms in total. The van der Waals surface area contributed by atoms with Crippen molar-refractivity contribution in [3.63, 3.8) is 0 Å². The summed E-state index contributed by atoms with van der Waals surface area (Å²) in [4.78, 5) is 4.69. The molecule has 2 aromatic carbocycles. The van der Waals surface area contributed by atoms with Crippen LogP contribution in [0.25, 0.3) is 11.4 Å². The number of aromatic nitrogens is 4. The van der Waals surface area contributed by atoms with Crippen molar-refractivity contribution in [3.05, 3.63) is 71.2 Å². The Morgan fingerprint density at radius 2 is 1.82 bits per heavy atom. The van der Waals surface area contributed by atoms with E-state index in [1.165, 1.54) is 5.56 Å². The maximum absolute atomic E-state index is 4.69. The third kappa shape index (κ3) is 4.26. The van der Waals surface area contributed by atoms with Gasteiger partial charge in [-0.25, -0.2) is 4.98 Å². The van der Waals surface area contributed by atoms with Gasteiger partial charge in [-0.15, -0.1) is 21.5 Å². The number of rotatable bonds is 7. The molecular formula is C21H21N5S2. The van der Waals surface area contributed by atoms with E-state index >= 15 is 0 Å². The molecule has 0 spiro atoms. The third-order valence-electron chi connectivity index (χ3n) is 4.27. The molecule has 0 atom stereocenters. The summed E-state index contributed by atoms with van der Waals surface area (Å²) >= 11 is 3.28. The molecule has 4 rings (SSSR count). The SMILES string of the molecule is CCn1c(SCc2csc(Nc3ccc(C)cc3)n2)nnc1-c1ccccc1. The zero-order valence-electron chi connectivity index (χ0n) is 15.8. The van der Waals surface area contributed by atoms with Crippen LogP contribution in [0.3, 0.4) is 0 Å². The van der Waals surface area contributed by atoms with Crippen molar-refractivity contribution in [3.8, 4) is 11.4 Å². The molecule has 28 heavy (non-hydrogen) atoms. The Morgan fingerprint density at radius 3 is 2.57 bits per heavy atom. The lowest BCUT2D eigenvalue weighted by Gasteiger charge is -2.06. The monoisotopic (exact) mass is 407 g/mol. The van der Waals surface area contributed by atoms with Crippen molar-refractivity contribution >= 4 is 33.9 Å². The largest absolute Gasteiger partial charge is 0.332 e. The zero-order valence-corrected chi connectivity index (χ0v) is 17.4. The van der Waals surface area contributed by atoms with Crippen molar-refractivity contribution in [2.45, 2.75) is 31.3 Å². The molecule has 0 aliphatic carbocycles. The second-order valence-corrected chi connectivity index (χ2v) is 8.14. The fraction of sp³-hybridized carbons (Fsp3) is 0.190. The fourth-order valence-corrected chi connectivity index (χ4v) is 4.54. The molecule has 7 heteroatoms. The summed E-state index contributed by atoms with van der Waals surface area (Å²) < 4.78 is 2.15. The van der Waals surface area contributed by atoms with Crippen LogP contribution < -0.4 is 5.32 Å². The van der Waals surface area contributed by atoms with Crippen molar-refractivity contribution in [2.24, 2.45) is 0 Å². The first-order valence-electron chi connectivity index (χ1n) is 9.12. The highest BCUT2D eigenvalue weighted by atomic mass is 32.2. The number of anilines is 2. The van der Waals surface area contributed by atoms with Crippen molar-refractivity contribution in [2.75, 3.05) is 5.32 Å². The number of nitrogens with zero attached hydrogens (tertiary/aromatic N) is 4. The average Bonchev–Trinajstić information content (AvgIpc) is 3.35. The third-order valence-corrected chi connectivity index (χ3v) is 6.08. The minimum Gasteiger partial charge on any atom is -0.332 e. The van der Waals surface area contributed by atoms with Crippen LogP contribution >= 0.6 is 23.1 Å². The Morgan fingerprint density at radius 1 is 1.04 bits per heavy atom. The van der Waals surface area contributed by atoms with Crippen LogP contribution in [0.1, 0.15) is 18.2 Å². The van der Waals surface area contributed by atoms with E-state index in [1.807, 2.05) is 18.2 Å². The van der Waals surface area contributed by atoms with Gasteiger partial charge in [-0.3, -0.25) is 0 Å². The summed E-state index contributed by atoms with van der Waals surface area (Å²) in [6.45, 7) is 5.03. The lowest BCUT2D eigenvalue weighted by molar-refractivity contribution is 0.687. The van der Waals surface area contributed by atoms with Gasteiger partial charge in [0.25, 0.3) is 0 Å². The molecule has 0 aliphatic heterocycles. The van der Waals surface area contributed by atoms with E-state index < -0.39 is 0 Å². The van der Waals surface area contributed by atoms with E-state index in [0.29, 0.717) is 0 Å². The van der Waals surface area contributed by atoms with Crippen molar-refractivity contribution in [1.29, 1.82) is 0 Å². The van der Waals surface area contributed by atoms with E-state index in [4.69, 9.17) is 4.98 Å². The maximum atomic E-state index is 4.69. The Balaban J connectivity index is 1.43. The summed E-state index contributed by atoms with van der Waals surface area (Å²) in [6, 6.07) is 18.5. The van der Waals surface area contributed by atoms with Gasteiger partial charge in [-0.1, -0.05) is 59.8 Å². The van der Waals surface area contributed by atoms with Crippen LogP contribution in [0.2, 0.25) is 0 Å². The van der Waals surface area contributed by atoms with Crippen molar-refractivity contribution < 1.29 is 0 Å². The molecule has 1 N–H and O–H groups in total. The Kier molecular flexibility index (Phi) is 5.73. The number of thiazole rings is 1. The van der Waals surface area contributed by atoms with Gasteiger partial charge in [0.15, 0.2) is 16.1 Å². The predicted octanol–water partition coefficient (Wildman–Crippen LogP) is 5.77. The predicted molar refractivity (Wildman–Crippen MR) is 117 cm³/mol.